The minimum absolute atomic E-state index is 0.125. The van der Waals surface area contributed by atoms with Crippen molar-refractivity contribution in [2.24, 2.45) is 0 Å². The molecule has 2 aromatic carbocycles. The minimum atomic E-state index is -0.515. The number of carbonyl (C=O) groups excluding carboxylic acids is 1. The highest BCUT2D eigenvalue weighted by molar-refractivity contribution is 5.95. The van der Waals surface area contributed by atoms with Gasteiger partial charge in [0.05, 0.1) is 23.8 Å². The number of amides is 1. The van der Waals surface area contributed by atoms with E-state index in [4.69, 9.17) is 5.26 Å². The molecular weight excluding hydrogens is 288 g/mol. The summed E-state index contributed by atoms with van der Waals surface area (Å²) in [4.78, 5) is 14.5. The molecule has 116 valence electrons. The molecule has 0 spiro atoms. The number of nitriles is 1. The van der Waals surface area contributed by atoms with Crippen LogP contribution in [0.1, 0.15) is 27.9 Å². The molecule has 1 fully saturated rings. The lowest BCUT2D eigenvalue weighted by atomic mass is 10.0. The molecule has 0 saturated carbocycles. The second-order valence-corrected chi connectivity index (χ2v) is 5.80. The molecule has 4 nitrogen and oxygen atoms in total. The van der Waals surface area contributed by atoms with Crippen molar-refractivity contribution >= 4 is 5.91 Å². The number of likely N-dealkylation sites (tertiary alicyclic amines) is 1. The van der Waals surface area contributed by atoms with E-state index in [9.17, 15) is 9.90 Å². The van der Waals surface area contributed by atoms with Crippen LogP contribution in [0.3, 0.4) is 0 Å². The summed E-state index contributed by atoms with van der Waals surface area (Å²) in [5, 5.41) is 19.3. The van der Waals surface area contributed by atoms with E-state index in [2.05, 4.69) is 6.07 Å². The third-order valence-electron chi connectivity index (χ3n) is 4.30. The van der Waals surface area contributed by atoms with Crippen molar-refractivity contribution in [1.29, 1.82) is 5.26 Å². The highest BCUT2D eigenvalue weighted by Gasteiger charge is 2.36. The van der Waals surface area contributed by atoms with E-state index in [0.717, 1.165) is 5.56 Å². The lowest BCUT2D eigenvalue weighted by Gasteiger charge is -2.26. The molecule has 0 unspecified atom stereocenters. The van der Waals surface area contributed by atoms with E-state index in [1.165, 1.54) is 0 Å². The maximum Gasteiger partial charge on any atom is 0.254 e. The Hall–Kier alpha value is -2.64. The van der Waals surface area contributed by atoms with Crippen LogP contribution >= 0.6 is 0 Å². The van der Waals surface area contributed by atoms with Gasteiger partial charge < -0.3 is 10.0 Å². The summed E-state index contributed by atoms with van der Waals surface area (Å²) in [6, 6.07) is 18.4. The van der Waals surface area contributed by atoms with E-state index in [1.54, 1.807) is 29.2 Å². The van der Waals surface area contributed by atoms with Gasteiger partial charge in [-0.1, -0.05) is 36.4 Å². The standard InChI is InChI=1S/C19H18N2O2/c20-13-15-7-4-8-16(11-15)19(23)21-10-9-18(22)17(21)12-14-5-2-1-3-6-14/h1-8,11,17-18,22H,9-10,12H2/t17-,18-/m1/s1. The Morgan fingerprint density at radius 2 is 2.00 bits per heavy atom. The minimum Gasteiger partial charge on any atom is -0.391 e. The van der Waals surface area contributed by atoms with E-state index < -0.39 is 6.10 Å². The van der Waals surface area contributed by atoms with E-state index >= 15 is 0 Å². The fourth-order valence-corrected chi connectivity index (χ4v) is 3.08. The molecule has 0 bridgehead atoms. The third-order valence-corrected chi connectivity index (χ3v) is 4.30. The Labute approximate surface area is 135 Å². The second-order valence-electron chi connectivity index (χ2n) is 5.80. The van der Waals surface area contributed by atoms with Gasteiger partial charge in [-0.05, 0) is 36.6 Å². The highest BCUT2D eigenvalue weighted by atomic mass is 16.3. The second kappa shape index (κ2) is 6.64. The summed E-state index contributed by atoms with van der Waals surface area (Å²) in [6.45, 7) is 0.536. The van der Waals surface area contributed by atoms with E-state index in [1.807, 2.05) is 30.3 Å². The van der Waals surface area contributed by atoms with Crippen molar-refractivity contribution in [3.63, 3.8) is 0 Å². The summed E-state index contributed by atoms with van der Waals surface area (Å²) in [6.07, 6.45) is 0.700. The monoisotopic (exact) mass is 306 g/mol. The Kier molecular flexibility index (Phi) is 4.40. The van der Waals surface area contributed by atoms with Crippen molar-refractivity contribution in [2.45, 2.75) is 25.0 Å². The van der Waals surface area contributed by atoms with Gasteiger partial charge in [0.25, 0.3) is 5.91 Å². The molecule has 4 heteroatoms. The predicted molar refractivity (Wildman–Crippen MR) is 86.8 cm³/mol. The first kappa shape index (κ1) is 15.3. The fraction of sp³-hybridized carbons (Fsp3) is 0.263. The van der Waals surface area contributed by atoms with E-state index in [0.29, 0.717) is 30.5 Å². The zero-order valence-corrected chi connectivity index (χ0v) is 12.7. The van der Waals surface area contributed by atoms with Gasteiger partial charge in [0.2, 0.25) is 0 Å². The molecule has 1 aliphatic rings. The van der Waals surface area contributed by atoms with Crippen LogP contribution in [0.5, 0.6) is 0 Å². The first-order valence-corrected chi connectivity index (χ1v) is 7.72. The van der Waals surface area contributed by atoms with Crippen molar-refractivity contribution in [3.8, 4) is 6.07 Å². The average molecular weight is 306 g/mol. The molecule has 23 heavy (non-hydrogen) atoms. The summed E-state index contributed by atoms with van der Waals surface area (Å²) < 4.78 is 0. The van der Waals surface area contributed by atoms with Crippen LogP contribution in [-0.2, 0) is 6.42 Å². The summed E-state index contributed by atoms with van der Waals surface area (Å²) in [5.74, 6) is -0.125. The lowest BCUT2D eigenvalue weighted by Crippen LogP contribution is -2.41. The zero-order chi connectivity index (χ0) is 16.2. The average Bonchev–Trinajstić information content (AvgIpc) is 2.96. The fourth-order valence-electron chi connectivity index (χ4n) is 3.08. The molecule has 0 radical (unpaired) electrons. The molecule has 1 heterocycles. The number of hydrogen-bond acceptors (Lipinski definition) is 3. The van der Waals surface area contributed by atoms with Crippen LogP contribution in [0.25, 0.3) is 0 Å². The maximum absolute atomic E-state index is 12.8. The zero-order valence-electron chi connectivity index (χ0n) is 12.7. The van der Waals surface area contributed by atoms with Crippen LogP contribution < -0.4 is 0 Å². The molecule has 2 atom stereocenters. The van der Waals surface area contributed by atoms with Gasteiger partial charge in [-0.25, -0.2) is 0 Å². The Morgan fingerprint density at radius 1 is 1.22 bits per heavy atom. The van der Waals surface area contributed by atoms with Crippen LogP contribution in [0.2, 0.25) is 0 Å². The Morgan fingerprint density at radius 3 is 2.74 bits per heavy atom. The molecule has 1 aliphatic heterocycles. The summed E-state index contributed by atoms with van der Waals surface area (Å²) >= 11 is 0. The molecule has 2 aromatic rings. The topological polar surface area (TPSA) is 64.3 Å². The molecule has 1 amide bonds. The van der Waals surface area contributed by atoms with Crippen LogP contribution in [-0.4, -0.2) is 34.6 Å². The van der Waals surface area contributed by atoms with Gasteiger partial charge in [-0.15, -0.1) is 0 Å². The molecule has 0 aliphatic carbocycles. The SMILES string of the molecule is N#Cc1cccc(C(=O)N2CC[C@@H](O)[C@H]2Cc2ccccc2)c1. The predicted octanol–water partition coefficient (Wildman–Crippen LogP) is 2.38. The number of carbonyl (C=O) groups is 1. The first-order valence-electron chi connectivity index (χ1n) is 7.72. The molecule has 0 aromatic heterocycles. The number of aliphatic hydroxyl groups excluding tert-OH is 1. The normalized spacial score (nSPS) is 20.3. The number of benzene rings is 2. The molecular formula is C19H18N2O2. The number of aliphatic hydroxyl groups is 1. The van der Waals surface area contributed by atoms with Gasteiger partial charge in [0.15, 0.2) is 0 Å². The van der Waals surface area contributed by atoms with Crippen molar-refractivity contribution in [2.75, 3.05) is 6.54 Å². The van der Waals surface area contributed by atoms with Gasteiger partial charge in [-0.2, -0.15) is 5.26 Å². The summed E-state index contributed by atoms with van der Waals surface area (Å²) in [7, 11) is 0. The van der Waals surface area contributed by atoms with Crippen molar-refractivity contribution in [3.05, 3.63) is 71.3 Å². The molecule has 1 N–H and O–H groups in total. The van der Waals surface area contributed by atoms with Crippen molar-refractivity contribution in [1.82, 2.24) is 4.90 Å². The molecule has 3 rings (SSSR count). The van der Waals surface area contributed by atoms with Crippen LogP contribution in [0.15, 0.2) is 54.6 Å². The van der Waals surface area contributed by atoms with E-state index in [-0.39, 0.29) is 11.9 Å². The van der Waals surface area contributed by atoms with Gasteiger partial charge in [0, 0.05) is 12.1 Å². The van der Waals surface area contributed by atoms with Gasteiger partial charge >= 0.3 is 0 Å². The Bertz CT molecular complexity index is 737. The lowest BCUT2D eigenvalue weighted by molar-refractivity contribution is 0.0640. The number of rotatable bonds is 3. The van der Waals surface area contributed by atoms with Gasteiger partial charge in [0.1, 0.15) is 0 Å². The highest BCUT2D eigenvalue weighted by Crippen LogP contribution is 2.24. The summed E-state index contributed by atoms with van der Waals surface area (Å²) in [5.41, 5.74) is 2.06. The quantitative estimate of drug-likeness (QED) is 0.947. The van der Waals surface area contributed by atoms with Crippen LogP contribution in [0.4, 0.5) is 0 Å². The first-order chi connectivity index (χ1) is 11.2. The third kappa shape index (κ3) is 3.25. The molecule has 1 saturated heterocycles. The smallest absolute Gasteiger partial charge is 0.254 e. The van der Waals surface area contributed by atoms with Gasteiger partial charge in [-0.3, -0.25) is 4.79 Å². The Balaban J connectivity index is 1.82. The van der Waals surface area contributed by atoms with Crippen molar-refractivity contribution < 1.29 is 9.90 Å². The number of nitrogens with zero attached hydrogens (tertiary/aromatic N) is 2. The largest absolute Gasteiger partial charge is 0.391 e. The van der Waals surface area contributed by atoms with Crippen LogP contribution in [0, 0.1) is 11.3 Å². The number of hydrogen-bond donors (Lipinski definition) is 1. The maximum atomic E-state index is 12.8.